The normalized spacial score (nSPS) is 43.8. The van der Waals surface area contributed by atoms with Crippen molar-refractivity contribution < 1.29 is 28.5 Å². The molecular weight excluding hydrogens is 422 g/mol. The molecule has 7 nitrogen and oxygen atoms in total. The van der Waals surface area contributed by atoms with Gasteiger partial charge in [-0.1, -0.05) is 13.3 Å². The summed E-state index contributed by atoms with van der Waals surface area (Å²) in [5.41, 5.74) is 3.46. The fourth-order valence-corrected chi connectivity index (χ4v) is 7.55. The lowest BCUT2D eigenvalue weighted by Gasteiger charge is -2.45. The zero-order chi connectivity index (χ0) is 23.5. The Kier molecular flexibility index (Phi) is 5.93. The summed E-state index contributed by atoms with van der Waals surface area (Å²) in [7, 11) is 0. The highest BCUT2D eigenvalue weighted by Crippen LogP contribution is 2.69. The average Bonchev–Trinajstić information content (AvgIpc) is 3.46. The van der Waals surface area contributed by atoms with Gasteiger partial charge in [0.05, 0.1) is 11.0 Å². The molecular formula is C26H43NO6. The van der Waals surface area contributed by atoms with Crippen molar-refractivity contribution in [3.05, 3.63) is 0 Å². The van der Waals surface area contributed by atoms with Gasteiger partial charge < -0.3 is 29.4 Å². The van der Waals surface area contributed by atoms with Gasteiger partial charge in [-0.25, -0.2) is 0 Å². The molecule has 4 aliphatic carbocycles. The molecule has 0 spiro atoms. The molecule has 0 radical (unpaired) electrons. The van der Waals surface area contributed by atoms with Crippen LogP contribution in [0.4, 0.5) is 0 Å². The zero-order valence-electron chi connectivity index (χ0n) is 21.0. The van der Waals surface area contributed by atoms with Crippen molar-refractivity contribution in [1.82, 2.24) is 0 Å². The van der Waals surface area contributed by atoms with Crippen molar-refractivity contribution in [3.8, 4) is 0 Å². The first-order valence-corrected chi connectivity index (χ1v) is 13.2. The van der Waals surface area contributed by atoms with E-state index >= 15 is 0 Å². The van der Waals surface area contributed by atoms with E-state index < -0.39 is 22.2 Å². The lowest BCUT2D eigenvalue weighted by molar-refractivity contribution is -0.250. The van der Waals surface area contributed by atoms with E-state index in [2.05, 4.69) is 6.92 Å². The maximum Gasteiger partial charge on any atom is 0.314 e. The highest BCUT2D eigenvalue weighted by molar-refractivity contribution is 5.79. The molecule has 2 N–H and O–H groups in total. The Balaban J connectivity index is 1.46. The highest BCUT2D eigenvalue weighted by atomic mass is 16.7. The first-order valence-electron chi connectivity index (χ1n) is 13.2. The van der Waals surface area contributed by atoms with E-state index in [0.29, 0.717) is 18.8 Å². The van der Waals surface area contributed by atoms with Crippen LogP contribution in [-0.2, 0) is 28.5 Å². The lowest BCUT2D eigenvalue weighted by atomic mass is 9.70. The van der Waals surface area contributed by atoms with Gasteiger partial charge in [-0.2, -0.15) is 0 Å². The maximum absolute atomic E-state index is 13.9. The molecule has 0 aromatic carbocycles. The second kappa shape index (κ2) is 8.16. The molecule has 6 aliphatic rings. The molecule has 6 rings (SSSR count). The third-order valence-electron chi connectivity index (χ3n) is 9.37. The van der Waals surface area contributed by atoms with Crippen LogP contribution in [0, 0.1) is 11.3 Å². The minimum atomic E-state index is -0.774. The quantitative estimate of drug-likeness (QED) is 0.510. The zero-order valence-corrected chi connectivity index (χ0v) is 21.0. The lowest BCUT2D eigenvalue weighted by Crippen LogP contribution is -2.59. The molecule has 2 aliphatic heterocycles. The van der Waals surface area contributed by atoms with Crippen LogP contribution in [0.1, 0.15) is 98.3 Å². The molecule has 2 heterocycles. The van der Waals surface area contributed by atoms with Gasteiger partial charge in [-0.15, -0.1) is 0 Å². The first-order chi connectivity index (χ1) is 15.5. The van der Waals surface area contributed by atoms with Crippen LogP contribution in [0.5, 0.6) is 0 Å². The van der Waals surface area contributed by atoms with Gasteiger partial charge >= 0.3 is 5.97 Å². The summed E-state index contributed by atoms with van der Waals surface area (Å²) in [6.07, 6.45) is 9.12. The minimum Gasteiger partial charge on any atom is -0.455 e. The number of carbonyl (C=O) groups is 1. The topological polar surface area (TPSA) is 89.2 Å². The van der Waals surface area contributed by atoms with Gasteiger partial charge in [0.1, 0.15) is 11.2 Å². The number of hydrogen-bond donors (Lipinski definition) is 1. The Labute approximate surface area is 198 Å². The predicted molar refractivity (Wildman–Crippen MR) is 122 cm³/mol. The van der Waals surface area contributed by atoms with Crippen molar-refractivity contribution >= 4 is 5.97 Å². The van der Waals surface area contributed by atoms with Gasteiger partial charge in [0.2, 0.25) is 0 Å². The van der Waals surface area contributed by atoms with Gasteiger partial charge in [-0.3, -0.25) is 4.79 Å². The monoisotopic (exact) mass is 465 g/mol. The SMILES string of the molecule is CCCC(C)(C(=O)OC12CC3CC(OC4CCCO4)(C1)CC2(OC1CCCO1)C3)C(C)(C)N. The summed E-state index contributed by atoms with van der Waals surface area (Å²) in [6, 6.07) is 0. The Hall–Kier alpha value is -0.730. The molecule has 6 fully saturated rings. The van der Waals surface area contributed by atoms with E-state index in [1.54, 1.807) is 0 Å². The number of rotatable bonds is 9. The number of nitrogens with two attached hydrogens (primary N) is 1. The van der Waals surface area contributed by atoms with Crippen molar-refractivity contribution in [2.45, 2.75) is 133 Å². The minimum absolute atomic E-state index is 0.165. The summed E-state index contributed by atoms with van der Waals surface area (Å²) >= 11 is 0. The van der Waals surface area contributed by atoms with E-state index in [4.69, 9.17) is 29.4 Å². The summed E-state index contributed by atoms with van der Waals surface area (Å²) in [6.45, 7) is 9.39. The van der Waals surface area contributed by atoms with Crippen molar-refractivity contribution in [3.63, 3.8) is 0 Å². The van der Waals surface area contributed by atoms with E-state index in [0.717, 1.165) is 71.0 Å². The van der Waals surface area contributed by atoms with Crippen LogP contribution >= 0.6 is 0 Å². The second-order valence-corrected chi connectivity index (χ2v) is 12.3. The summed E-state index contributed by atoms with van der Waals surface area (Å²) in [5, 5.41) is 0. The Bertz CT molecular complexity index is 756. The van der Waals surface area contributed by atoms with E-state index in [9.17, 15) is 4.79 Å². The van der Waals surface area contributed by atoms with Gasteiger partial charge in [0.25, 0.3) is 0 Å². The number of carbonyl (C=O) groups excluding carboxylic acids is 1. The highest BCUT2D eigenvalue weighted by Gasteiger charge is 2.77. The fraction of sp³-hybridized carbons (Fsp3) is 0.962. The molecule has 0 aromatic rings. The van der Waals surface area contributed by atoms with E-state index in [1.807, 2.05) is 20.8 Å². The third kappa shape index (κ3) is 3.86. The largest absolute Gasteiger partial charge is 0.455 e. The van der Waals surface area contributed by atoms with Gasteiger partial charge in [-0.05, 0) is 65.2 Å². The van der Waals surface area contributed by atoms with Crippen LogP contribution in [0.25, 0.3) is 0 Å². The first kappa shape index (κ1) is 24.0. The Morgan fingerprint density at radius 3 is 2.15 bits per heavy atom. The molecule has 0 amide bonds. The van der Waals surface area contributed by atoms with Crippen LogP contribution < -0.4 is 5.73 Å². The molecule has 7 atom stereocenters. The van der Waals surface area contributed by atoms with Crippen molar-refractivity contribution in [2.24, 2.45) is 17.1 Å². The number of ether oxygens (including phenoxy) is 5. The molecule has 0 aromatic heterocycles. The maximum atomic E-state index is 13.9. The van der Waals surface area contributed by atoms with Gasteiger partial charge in [0.15, 0.2) is 12.6 Å². The van der Waals surface area contributed by atoms with Crippen molar-refractivity contribution in [1.29, 1.82) is 0 Å². The summed E-state index contributed by atoms with van der Waals surface area (Å²) in [4.78, 5) is 13.9. The number of hydrogen-bond acceptors (Lipinski definition) is 7. The fourth-order valence-electron chi connectivity index (χ4n) is 7.55. The summed E-state index contributed by atoms with van der Waals surface area (Å²) < 4.78 is 31.9. The smallest absolute Gasteiger partial charge is 0.314 e. The average molecular weight is 466 g/mol. The van der Waals surface area contributed by atoms with Gasteiger partial charge in [0, 0.05) is 44.4 Å². The van der Waals surface area contributed by atoms with Crippen LogP contribution in [0.3, 0.4) is 0 Å². The molecule has 7 heteroatoms. The van der Waals surface area contributed by atoms with E-state index in [1.165, 1.54) is 0 Å². The summed E-state index contributed by atoms with van der Waals surface area (Å²) in [5.74, 6) is 0.207. The molecule has 2 saturated heterocycles. The Morgan fingerprint density at radius 2 is 1.58 bits per heavy atom. The number of esters is 1. The third-order valence-corrected chi connectivity index (χ3v) is 9.37. The van der Waals surface area contributed by atoms with Crippen LogP contribution in [-0.4, -0.2) is 54.1 Å². The van der Waals surface area contributed by atoms with E-state index in [-0.39, 0.29) is 24.2 Å². The standard InChI is InChI=1S/C26H43NO6/c1-5-10-23(4,22(2,3)27)21(28)33-26-15-18-13-24(17-26,31-19-8-6-11-29-19)16-25(26,14-18)32-20-9-7-12-30-20/h18-20H,5-17,27H2,1-4H3. The van der Waals surface area contributed by atoms with Crippen molar-refractivity contribution in [2.75, 3.05) is 13.2 Å². The molecule has 4 saturated carbocycles. The Morgan fingerprint density at radius 1 is 0.970 bits per heavy atom. The predicted octanol–water partition coefficient (Wildman–Crippen LogP) is 4.20. The second-order valence-electron chi connectivity index (χ2n) is 12.3. The molecule has 7 unspecified atom stereocenters. The molecule has 4 bridgehead atoms. The molecule has 188 valence electrons. The van der Waals surface area contributed by atoms with Crippen LogP contribution in [0.2, 0.25) is 0 Å². The molecule has 33 heavy (non-hydrogen) atoms. The van der Waals surface area contributed by atoms with Crippen LogP contribution in [0.15, 0.2) is 0 Å².